The zero-order chi connectivity index (χ0) is 12.7. The fraction of sp³-hybridized carbons (Fsp3) is 0.538. The number of rotatable bonds is 5. The van der Waals surface area contributed by atoms with Gasteiger partial charge in [-0.1, -0.05) is 11.6 Å². The van der Waals surface area contributed by atoms with Gasteiger partial charge in [0.05, 0.1) is 10.6 Å². The van der Waals surface area contributed by atoms with Gasteiger partial charge in [0.2, 0.25) is 0 Å². The summed E-state index contributed by atoms with van der Waals surface area (Å²) < 4.78 is 0. The van der Waals surface area contributed by atoms with Crippen LogP contribution in [0.1, 0.15) is 36.0 Å². The summed E-state index contributed by atoms with van der Waals surface area (Å²) in [4.78, 5) is 15.2. The van der Waals surface area contributed by atoms with Crippen molar-refractivity contribution in [3.8, 4) is 0 Å². The third-order valence-electron chi connectivity index (χ3n) is 3.68. The van der Waals surface area contributed by atoms with Gasteiger partial charge >= 0.3 is 5.97 Å². The molecule has 0 saturated heterocycles. The summed E-state index contributed by atoms with van der Waals surface area (Å²) in [6, 6.07) is 1.85. The molecule has 1 aromatic heterocycles. The van der Waals surface area contributed by atoms with E-state index in [1.807, 2.05) is 0 Å². The lowest BCUT2D eigenvalue weighted by molar-refractivity contribution is 0.0697. The molecule has 2 saturated carbocycles. The number of anilines is 1. The molecule has 0 atom stereocenters. The van der Waals surface area contributed by atoms with E-state index in [2.05, 4.69) is 10.3 Å². The summed E-state index contributed by atoms with van der Waals surface area (Å²) in [5.41, 5.74) is 0.111. The number of halogens is 1. The van der Waals surface area contributed by atoms with E-state index < -0.39 is 5.97 Å². The van der Waals surface area contributed by atoms with Crippen molar-refractivity contribution in [2.75, 3.05) is 5.32 Å². The maximum Gasteiger partial charge on any atom is 0.337 e. The van der Waals surface area contributed by atoms with Crippen LogP contribution in [0, 0.1) is 11.8 Å². The Morgan fingerprint density at radius 2 is 2.00 bits per heavy atom. The zero-order valence-corrected chi connectivity index (χ0v) is 10.7. The van der Waals surface area contributed by atoms with E-state index in [1.54, 1.807) is 0 Å². The standard InChI is InChI=1S/C13H15ClN2O2/c14-10-9(13(17)18)5-6-15-12(10)16-11(7-1-2-7)8-3-4-8/h5-8,11H,1-4H2,(H,15,16)(H,17,18). The van der Waals surface area contributed by atoms with Gasteiger partial charge in [-0.05, 0) is 43.6 Å². The van der Waals surface area contributed by atoms with Gasteiger partial charge in [-0.25, -0.2) is 9.78 Å². The Morgan fingerprint density at radius 1 is 1.39 bits per heavy atom. The van der Waals surface area contributed by atoms with Gasteiger partial charge in [0.15, 0.2) is 0 Å². The monoisotopic (exact) mass is 266 g/mol. The first-order valence-corrected chi connectivity index (χ1v) is 6.69. The fourth-order valence-corrected chi connectivity index (χ4v) is 2.65. The second kappa shape index (κ2) is 4.43. The average molecular weight is 267 g/mol. The molecule has 18 heavy (non-hydrogen) atoms. The van der Waals surface area contributed by atoms with E-state index >= 15 is 0 Å². The highest BCUT2D eigenvalue weighted by Gasteiger charge is 2.41. The normalized spacial score (nSPS) is 19.0. The predicted octanol–water partition coefficient (Wildman–Crippen LogP) is 3.03. The second-order valence-electron chi connectivity index (χ2n) is 5.17. The van der Waals surface area contributed by atoms with Gasteiger partial charge in [0.1, 0.15) is 5.82 Å². The highest BCUT2D eigenvalue weighted by Crippen LogP contribution is 2.46. The summed E-state index contributed by atoms with van der Waals surface area (Å²) >= 11 is 6.09. The molecule has 0 radical (unpaired) electrons. The first-order valence-electron chi connectivity index (χ1n) is 6.31. The molecule has 0 aromatic carbocycles. The van der Waals surface area contributed by atoms with Crippen LogP contribution >= 0.6 is 11.6 Å². The van der Waals surface area contributed by atoms with Gasteiger partial charge in [-0.15, -0.1) is 0 Å². The fourth-order valence-electron chi connectivity index (χ4n) is 2.40. The minimum Gasteiger partial charge on any atom is -0.478 e. The number of nitrogens with one attached hydrogen (secondary N) is 1. The molecule has 5 heteroatoms. The first kappa shape index (κ1) is 11.8. The highest BCUT2D eigenvalue weighted by atomic mass is 35.5. The quantitative estimate of drug-likeness (QED) is 0.860. The second-order valence-corrected chi connectivity index (χ2v) is 5.55. The van der Waals surface area contributed by atoms with Crippen LogP contribution in [0.3, 0.4) is 0 Å². The first-order chi connectivity index (χ1) is 8.66. The highest BCUT2D eigenvalue weighted by molar-refractivity contribution is 6.35. The summed E-state index contributed by atoms with van der Waals surface area (Å²) in [5.74, 6) is 0.924. The average Bonchev–Trinajstić information content (AvgIpc) is 3.20. The van der Waals surface area contributed by atoms with Crippen LogP contribution in [0.5, 0.6) is 0 Å². The van der Waals surface area contributed by atoms with Crippen LogP contribution in [0.15, 0.2) is 12.3 Å². The lowest BCUT2D eigenvalue weighted by Gasteiger charge is -2.19. The maximum atomic E-state index is 11.0. The molecule has 1 aromatic rings. The van der Waals surface area contributed by atoms with Crippen molar-refractivity contribution in [1.29, 1.82) is 0 Å². The molecule has 0 bridgehead atoms. The van der Waals surface area contributed by atoms with E-state index in [1.165, 1.54) is 37.9 Å². The predicted molar refractivity (Wildman–Crippen MR) is 69.1 cm³/mol. The van der Waals surface area contributed by atoms with Crippen LogP contribution in [-0.4, -0.2) is 22.1 Å². The summed E-state index contributed by atoms with van der Waals surface area (Å²) in [7, 11) is 0. The van der Waals surface area contributed by atoms with Gasteiger partial charge in [0.25, 0.3) is 0 Å². The molecule has 3 rings (SSSR count). The van der Waals surface area contributed by atoms with Crippen LogP contribution in [0.2, 0.25) is 5.02 Å². The Labute approximate surface area is 110 Å². The number of pyridine rings is 1. The molecule has 4 nitrogen and oxygen atoms in total. The van der Waals surface area contributed by atoms with Crippen molar-refractivity contribution >= 4 is 23.4 Å². The summed E-state index contributed by atoms with van der Waals surface area (Å²) in [5, 5.41) is 12.6. The van der Waals surface area contributed by atoms with Crippen molar-refractivity contribution in [2.45, 2.75) is 31.7 Å². The van der Waals surface area contributed by atoms with Gasteiger partial charge in [-0.2, -0.15) is 0 Å². The van der Waals surface area contributed by atoms with Crippen LogP contribution < -0.4 is 5.32 Å². The minimum atomic E-state index is -1.01. The molecule has 96 valence electrons. The zero-order valence-electron chi connectivity index (χ0n) is 9.90. The van der Waals surface area contributed by atoms with Gasteiger partial charge < -0.3 is 10.4 Å². The Hall–Kier alpha value is -1.29. The van der Waals surface area contributed by atoms with Crippen LogP contribution in [-0.2, 0) is 0 Å². The molecule has 0 amide bonds. The number of hydrogen-bond donors (Lipinski definition) is 2. The van der Waals surface area contributed by atoms with Crippen molar-refractivity contribution in [3.63, 3.8) is 0 Å². The number of aromatic nitrogens is 1. The third kappa shape index (κ3) is 2.29. The molecule has 2 N–H and O–H groups in total. The maximum absolute atomic E-state index is 11.0. The molecule has 2 fully saturated rings. The minimum absolute atomic E-state index is 0.111. The Kier molecular flexibility index (Phi) is 2.90. The van der Waals surface area contributed by atoms with Crippen molar-refractivity contribution in [2.24, 2.45) is 11.8 Å². The number of hydrogen-bond acceptors (Lipinski definition) is 3. The lowest BCUT2D eigenvalue weighted by atomic mass is 10.1. The van der Waals surface area contributed by atoms with Crippen LogP contribution in [0.25, 0.3) is 0 Å². The number of aromatic carboxylic acids is 1. The topological polar surface area (TPSA) is 62.2 Å². The van der Waals surface area contributed by atoms with E-state index in [4.69, 9.17) is 16.7 Å². The third-order valence-corrected chi connectivity index (χ3v) is 4.07. The largest absolute Gasteiger partial charge is 0.478 e. The Bertz CT molecular complexity index is 472. The molecular weight excluding hydrogens is 252 g/mol. The smallest absolute Gasteiger partial charge is 0.337 e. The molecule has 0 aliphatic heterocycles. The molecule has 0 spiro atoms. The summed E-state index contributed by atoms with van der Waals surface area (Å²) in [6.45, 7) is 0. The molecular formula is C13H15ClN2O2. The summed E-state index contributed by atoms with van der Waals surface area (Å²) in [6.07, 6.45) is 6.51. The van der Waals surface area contributed by atoms with Crippen LogP contribution in [0.4, 0.5) is 5.82 Å². The van der Waals surface area contributed by atoms with E-state index in [0.29, 0.717) is 23.7 Å². The number of carboxylic acids is 1. The van der Waals surface area contributed by atoms with Crippen molar-refractivity contribution in [1.82, 2.24) is 4.98 Å². The molecule has 2 aliphatic carbocycles. The number of nitrogens with zero attached hydrogens (tertiary/aromatic N) is 1. The SMILES string of the molecule is O=C(O)c1ccnc(NC(C2CC2)C2CC2)c1Cl. The number of carboxylic acid groups (broad SMARTS) is 1. The molecule has 2 aliphatic rings. The lowest BCUT2D eigenvalue weighted by Crippen LogP contribution is -2.25. The van der Waals surface area contributed by atoms with Gasteiger partial charge in [-0.3, -0.25) is 0 Å². The molecule has 0 unspecified atom stereocenters. The Morgan fingerprint density at radius 3 is 2.50 bits per heavy atom. The van der Waals surface area contributed by atoms with E-state index in [-0.39, 0.29) is 10.6 Å². The van der Waals surface area contributed by atoms with Crippen molar-refractivity contribution < 1.29 is 9.90 Å². The molecule has 1 heterocycles. The Balaban J connectivity index is 1.82. The van der Waals surface area contributed by atoms with E-state index in [0.717, 1.165) is 0 Å². The van der Waals surface area contributed by atoms with Gasteiger partial charge in [0, 0.05) is 12.2 Å². The number of carbonyl (C=O) groups is 1. The van der Waals surface area contributed by atoms with Crippen molar-refractivity contribution in [3.05, 3.63) is 22.8 Å². The van der Waals surface area contributed by atoms with E-state index in [9.17, 15) is 4.79 Å².